The van der Waals surface area contributed by atoms with Gasteiger partial charge in [0.25, 0.3) is 0 Å². The van der Waals surface area contributed by atoms with Crippen LogP contribution >= 0.6 is 0 Å². The Morgan fingerprint density at radius 2 is 1.54 bits per heavy atom. The number of aliphatic carboxylic acids is 1. The lowest BCUT2D eigenvalue weighted by Gasteiger charge is -2.72. The summed E-state index contributed by atoms with van der Waals surface area (Å²) >= 11 is 0. The van der Waals surface area contributed by atoms with Crippen LogP contribution in [0.15, 0.2) is 11.6 Å². The van der Waals surface area contributed by atoms with E-state index in [1.165, 1.54) is 0 Å². The second kappa shape index (κ2) is 13.7. The van der Waals surface area contributed by atoms with Gasteiger partial charge in [-0.15, -0.1) is 0 Å². The number of fused-ring (bicyclic) bond motifs is 7. The van der Waals surface area contributed by atoms with Crippen LogP contribution < -0.4 is 0 Å². The lowest BCUT2D eigenvalue weighted by Crippen LogP contribution is -2.68. The smallest absolute Gasteiger partial charge is 0.310 e. The Labute approximate surface area is 319 Å². The van der Waals surface area contributed by atoms with E-state index >= 15 is 0 Å². The summed E-state index contributed by atoms with van der Waals surface area (Å²) in [6.07, 6.45) is -4.14. The van der Waals surface area contributed by atoms with E-state index in [1.807, 2.05) is 6.92 Å². The molecule has 5 aliphatic carbocycles. The molecule has 0 amide bonds. The van der Waals surface area contributed by atoms with Crippen LogP contribution in [0.4, 0.5) is 0 Å². The molecule has 19 atom stereocenters. The topological polar surface area (TPSA) is 216 Å². The van der Waals surface area contributed by atoms with Crippen molar-refractivity contribution >= 4 is 5.97 Å². The Morgan fingerprint density at radius 1 is 0.833 bits per heavy atom. The Bertz CT molecular complexity index is 1470. The first-order valence-electron chi connectivity index (χ1n) is 20.4. The molecule has 2 saturated heterocycles. The molecule has 13 heteroatoms. The maximum absolute atomic E-state index is 13.1. The highest BCUT2D eigenvalue weighted by atomic mass is 16.8. The molecule has 54 heavy (non-hydrogen) atoms. The van der Waals surface area contributed by atoms with E-state index in [2.05, 4.69) is 47.6 Å². The summed E-state index contributed by atoms with van der Waals surface area (Å²) in [5, 5.41) is 85.5. The van der Waals surface area contributed by atoms with Gasteiger partial charge in [0.2, 0.25) is 0 Å². The van der Waals surface area contributed by atoms with E-state index in [1.54, 1.807) is 0 Å². The van der Waals surface area contributed by atoms with Crippen LogP contribution in [-0.2, 0) is 23.7 Å². The van der Waals surface area contributed by atoms with Gasteiger partial charge in [0.1, 0.15) is 42.7 Å². The number of ether oxygens (including phenoxy) is 4. The fraction of sp³-hybridized carbons (Fsp3) is 0.927. The first-order valence-corrected chi connectivity index (χ1v) is 20.4. The van der Waals surface area contributed by atoms with E-state index in [-0.39, 0.29) is 46.2 Å². The Balaban J connectivity index is 1.14. The summed E-state index contributed by atoms with van der Waals surface area (Å²) in [6, 6.07) is 0. The highest BCUT2D eigenvalue weighted by Crippen LogP contribution is 2.76. The van der Waals surface area contributed by atoms with Crippen LogP contribution in [-0.4, -0.2) is 127 Å². The van der Waals surface area contributed by atoms with E-state index in [9.17, 15) is 45.6 Å². The molecule has 0 unspecified atom stereocenters. The zero-order valence-electron chi connectivity index (χ0n) is 33.1. The minimum atomic E-state index is -1.71. The molecule has 0 bridgehead atoms. The van der Waals surface area contributed by atoms with Crippen LogP contribution in [0.1, 0.15) is 106 Å². The van der Waals surface area contributed by atoms with E-state index in [4.69, 9.17) is 18.9 Å². The summed E-state index contributed by atoms with van der Waals surface area (Å²) in [5.41, 5.74) is -1.77. The molecule has 8 N–H and O–H groups in total. The third-order valence-corrected chi connectivity index (χ3v) is 17.3. The summed E-state index contributed by atoms with van der Waals surface area (Å²) in [7, 11) is 0. The van der Waals surface area contributed by atoms with E-state index < -0.39 is 84.8 Å². The number of carboxylic acids is 1. The largest absolute Gasteiger partial charge is 0.481 e. The standard InChI is InChI=1S/C41H66O13/c1-20-10-15-41(35(48)49)17-16-38(5)21(32(41)40(20,7)50)8-9-25-37(4)13-12-26(36(2,3)24(37)11-14-39(25,38)6)53-34-31(27(44)22(43)19-51-34)54-33-30(47)29(46)28(45)23(18-42)52-33/h8,20,22-34,42-47,50H,9-19H2,1-7H3,(H,48,49)/t20-,22+,23+,24+,25+,26-,27+,28+,29-,30+,31-,32-,33-,34+,37-,38+,39-,40-,41-/m1/s1. The molecule has 7 rings (SSSR count). The monoisotopic (exact) mass is 766 g/mol. The average molecular weight is 767 g/mol. The van der Waals surface area contributed by atoms with Crippen LogP contribution in [0.25, 0.3) is 0 Å². The number of hydrogen-bond donors (Lipinski definition) is 8. The summed E-state index contributed by atoms with van der Waals surface area (Å²) in [4.78, 5) is 13.1. The molecule has 6 fully saturated rings. The van der Waals surface area contributed by atoms with Gasteiger partial charge in [-0.3, -0.25) is 4.79 Å². The molecule has 0 aromatic carbocycles. The quantitative estimate of drug-likeness (QED) is 0.144. The minimum Gasteiger partial charge on any atom is -0.481 e. The number of aliphatic hydroxyl groups is 7. The SMILES string of the molecule is C[C@@H]1CC[C@@]2(C(=O)O)CC[C@@]3(C)C(=CC[C@H]4[C@]5(C)CC[C@@H](O[C@@H]6OC[C@H](O)[C@H](O)[C@H]6O[C@H]6O[C@@H](CO)[C@H](O)[C@@H](O)[C@@H]6O)C(C)(C)[C@@H]5CC[C@]43C)[C@@H]2[C@]1(C)O. The van der Waals surface area contributed by atoms with Crippen molar-refractivity contribution in [3.63, 3.8) is 0 Å². The molecule has 2 heterocycles. The first-order chi connectivity index (χ1) is 25.1. The highest BCUT2D eigenvalue weighted by molar-refractivity contribution is 5.77. The van der Waals surface area contributed by atoms with Crippen LogP contribution in [0, 0.1) is 50.7 Å². The number of rotatable bonds is 6. The summed E-state index contributed by atoms with van der Waals surface area (Å²) < 4.78 is 24.2. The molecule has 0 radical (unpaired) electrons. The van der Waals surface area contributed by atoms with Crippen molar-refractivity contribution in [2.75, 3.05) is 13.2 Å². The number of aliphatic hydroxyl groups excluding tert-OH is 6. The lowest BCUT2D eigenvalue weighted by atomic mass is 9.33. The van der Waals surface area contributed by atoms with Crippen molar-refractivity contribution in [2.45, 2.75) is 173 Å². The zero-order valence-corrected chi connectivity index (χ0v) is 33.1. The fourth-order valence-electron chi connectivity index (χ4n) is 13.6. The normalized spacial score (nSPS) is 55.7. The number of carbonyl (C=O) groups is 1. The van der Waals surface area contributed by atoms with Gasteiger partial charge in [0.05, 0.1) is 30.3 Å². The van der Waals surface area contributed by atoms with Crippen molar-refractivity contribution in [2.24, 2.45) is 50.7 Å². The molecule has 2 aliphatic heterocycles. The van der Waals surface area contributed by atoms with E-state index in [0.29, 0.717) is 31.6 Å². The maximum Gasteiger partial charge on any atom is 0.310 e. The van der Waals surface area contributed by atoms with Gasteiger partial charge in [-0.05, 0) is 104 Å². The van der Waals surface area contributed by atoms with Gasteiger partial charge >= 0.3 is 5.97 Å². The Hall–Kier alpha value is -1.23. The van der Waals surface area contributed by atoms with Crippen LogP contribution in [0.5, 0.6) is 0 Å². The van der Waals surface area contributed by atoms with Crippen molar-refractivity contribution < 1.29 is 64.6 Å². The zero-order chi connectivity index (χ0) is 39.6. The van der Waals surface area contributed by atoms with Gasteiger partial charge < -0.3 is 59.8 Å². The Morgan fingerprint density at radius 3 is 2.20 bits per heavy atom. The van der Waals surface area contributed by atoms with Crippen molar-refractivity contribution in [3.8, 4) is 0 Å². The van der Waals surface area contributed by atoms with Gasteiger partial charge in [-0.2, -0.15) is 0 Å². The highest BCUT2D eigenvalue weighted by Gasteiger charge is 2.71. The molecule has 13 nitrogen and oxygen atoms in total. The van der Waals surface area contributed by atoms with Crippen molar-refractivity contribution in [3.05, 3.63) is 11.6 Å². The molecule has 0 aromatic rings. The molecule has 308 valence electrons. The third kappa shape index (κ3) is 5.68. The maximum atomic E-state index is 13.1. The van der Waals surface area contributed by atoms with Crippen LogP contribution in [0.2, 0.25) is 0 Å². The average Bonchev–Trinajstić information content (AvgIpc) is 3.10. The number of allylic oxidation sites excluding steroid dienone is 1. The summed E-state index contributed by atoms with van der Waals surface area (Å²) in [5.74, 6) is -0.672. The predicted octanol–water partition coefficient (Wildman–Crippen LogP) is 2.49. The van der Waals surface area contributed by atoms with Crippen molar-refractivity contribution in [1.82, 2.24) is 0 Å². The third-order valence-electron chi connectivity index (χ3n) is 17.3. The molecule has 7 aliphatic rings. The Kier molecular flexibility index (Phi) is 10.4. The second-order valence-electron chi connectivity index (χ2n) is 19.9. The van der Waals surface area contributed by atoms with E-state index in [0.717, 1.165) is 37.7 Å². The van der Waals surface area contributed by atoms with Gasteiger partial charge in [0.15, 0.2) is 12.6 Å². The molecular formula is C41H66O13. The number of carboxylic acid groups (broad SMARTS) is 1. The van der Waals surface area contributed by atoms with Gasteiger partial charge in [-0.1, -0.05) is 53.2 Å². The molecular weight excluding hydrogens is 700 g/mol. The van der Waals surface area contributed by atoms with Crippen LogP contribution in [0.3, 0.4) is 0 Å². The predicted molar refractivity (Wildman–Crippen MR) is 193 cm³/mol. The fourth-order valence-corrected chi connectivity index (χ4v) is 13.6. The lowest BCUT2D eigenvalue weighted by molar-refractivity contribution is -0.367. The van der Waals surface area contributed by atoms with Gasteiger partial charge in [-0.25, -0.2) is 0 Å². The molecule has 4 saturated carbocycles. The minimum absolute atomic E-state index is 0.00666. The van der Waals surface area contributed by atoms with Gasteiger partial charge in [0, 0.05) is 5.92 Å². The van der Waals surface area contributed by atoms with Crippen molar-refractivity contribution in [1.29, 1.82) is 0 Å². The second-order valence-corrected chi connectivity index (χ2v) is 19.9. The summed E-state index contributed by atoms with van der Waals surface area (Å²) in [6.45, 7) is 14.7. The molecule has 0 aromatic heterocycles. The number of hydrogen-bond acceptors (Lipinski definition) is 12. The first kappa shape index (κ1) is 40.9. The molecule has 0 spiro atoms.